The first-order valence-corrected chi connectivity index (χ1v) is 7.70. The van der Waals surface area contributed by atoms with Gasteiger partial charge in [-0.25, -0.2) is 4.39 Å². The normalized spacial score (nSPS) is 23.0. The molecule has 2 atom stereocenters. The van der Waals surface area contributed by atoms with Gasteiger partial charge in [0.1, 0.15) is 10.8 Å². The van der Waals surface area contributed by atoms with Crippen LogP contribution >= 0.6 is 24.0 Å². The van der Waals surface area contributed by atoms with Crippen molar-refractivity contribution >= 4 is 34.7 Å². The summed E-state index contributed by atoms with van der Waals surface area (Å²) in [5, 5.41) is 3.87. The van der Waals surface area contributed by atoms with Crippen LogP contribution in [0.25, 0.3) is 0 Å². The third-order valence-corrected chi connectivity index (χ3v) is 4.76. The van der Waals surface area contributed by atoms with Gasteiger partial charge in [-0.2, -0.15) is 11.8 Å². The first-order chi connectivity index (χ1) is 8.61. The molecule has 0 aromatic heterocycles. The average molecular weight is 284 g/mol. The molecule has 98 valence electrons. The van der Waals surface area contributed by atoms with Crippen LogP contribution in [0.1, 0.15) is 24.8 Å². The molecule has 1 saturated carbocycles. The maximum absolute atomic E-state index is 13.9. The Morgan fingerprint density at radius 3 is 2.89 bits per heavy atom. The zero-order valence-electron chi connectivity index (χ0n) is 10.3. The number of anilines is 1. The highest BCUT2D eigenvalue weighted by molar-refractivity contribution is 7.99. The van der Waals surface area contributed by atoms with Gasteiger partial charge in [-0.3, -0.25) is 0 Å². The molecule has 1 aromatic rings. The van der Waals surface area contributed by atoms with Crippen LogP contribution in [-0.2, 0) is 0 Å². The largest absolute Gasteiger partial charge is 0.389 e. The van der Waals surface area contributed by atoms with Crippen molar-refractivity contribution < 1.29 is 4.39 Å². The summed E-state index contributed by atoms with van der Waals surface area (Å²) in [6, 6.07) is 5.23. The van der Waals surface area contributed by atoms with E-state index in [4.69, 9.17) is 18.0 Å². The highest BCUT2D eigenvalue weighted by atomic mass is 32.2. The Morgan fingerprint density at radius 2 is 2.28 bits per heavy atom. The molecule has 1 aliphatic carbocycles. The zero-order valence-corrected chi connectivity index (χ0v) is 11.9. The first-order valence-electron chi connectivity index (χ1n) is 6.00. The van der Waals surface area contributed by atoms with Gasteiger partial charge in [-0.1, -0.05) is 18.6 Å². The monoisotopic (exact) mass is 284 g/mol. The Balaban J connectivity index is 2.12. The Bertz CT molecular complexity index is 451. The van der Waals surface area contributed by atoms with Crippen molar-refractivity contribution in [1.29, 1.82) is 0 Å². The number of thioether (sulfide) groups is 1. The second-order valence-corrected chi connectivity index (χ2v) is 6.03. The standard InChI is InChI=1S/C13H17FN2S2/c1-18-12-4-2-3-11(12)16-10-6-5-8(13(15)17)7-9(10)14/h5-7,11-12,16H,2-4H2,1H3,(H2,15,17). The van der Waals surface area contributed by atoms with E-state index in [1.54, 1.807) is 12.1 Å². The number of benzene rings is 1. The Kier molecular flexibility index (Phi) is 4.45. The molecule has 2 rings (SSSR count). The van der Waals surface area contributed by atoms with Crippen LogP contribution in [-0.4, -0.2) is 22.5 Å². The molecule has 1 aromatic carbocycles. The van der Waals surface area contributed by atoms with Gasteiger partial charge in [-0.05, 0) is 37.3 Å². The quantitative estimate of drug-likeness (QED) is 0.833. The third-order valence-electron chi connectivity index (χ3n) is 3.35. The van der Waals surface area contributed by atoms with Crippen molar-refractivity contribution in [2.75, 3.05) is 11.6 Å². The molecule has 0 spiro atoms. The van der Waals surface area contributed by atoms with Gasteiger partial charge in [-0.15, -0.1) is 0 Å². The SMILES string of the molecule is CSC1CCCC1Nc1ccc(C(N)=S)cc1F. The smallest absolute Gasteiger partial charge is 0.146 e. The van der Waals surface area contributed by atoms with Crippen LogP contribution in [0.3, 0.4) is 0 Å². The van der Waals surface area contributed by atoms with Crippen LogP contribution in [0.15, 0.2) is 18.2 Å². The van der Waals surface area contributed by atoms with E-state index in [0.717, 1.165) is 6.42 Å². The molecule has 1 fully saturated rings. The van der Waals surface area contributed by atoms with Crippen LogP contribution in [0, 0.1) is 5.82 Å². The number of thiocarbonyl (C=S) groups is 1. The van der Waals surface area contributed by atoms with Gasteiger partial charge in [0.15, 0.2) is 0 Å². The molecular formula is C13H17FN2S2. The predicted molar refractivity (Wildman–Crippen MR) is 80.9 cm³/mol. The summed E-state index contributed by atoms with van der Waals surface area (Å²) in [5.41, 5.74) is 6.59. The summed E-state index contributed by atoms with van der Waals surface area (Å²) in [7, 11) is 0. The summed E-state index contributed by atoms with van der Waals surface area (Å²) >= 11 is 6.68. The maximum atomic E-state index is 13.9. The molecule has 0 heterocycles. The molecule has 5 heteroatoms. The number of rotatable bonds is 4. The number of nitrogens with two attached hydrogens (primary N) is 1. The Hall–Kier alpha value is -0.810. The predicted octanol–water partition coefficient (Wildman–Crippen LogP) is 3.16. The Labute approximate surface area is 117 Å². The summed E-state index contributed by atoms with van der Waals surface area (Å²) in [6.07, 6.45) is 5.61. The zero-order chi connectivity index (χ0) is 13.1. The molecule has 1 aliphatic rings. The lowest BCUT2D eigenvalue weighted by molar-refractivity contribution is 0.624. The van der Waals surface area contributed by atoms with Gasteiger partial charge in [0.05, 0.1) is 5.69 Å². The van der Waals surface area contributed by atoms with E-state index < -0.39 is 0 Å². The molecule has 3 N–H and O–H groups in total. The molecule has 2 unspecified atom stereocenters. The van der Waals surface area contributed by atoms with E-state index in [1.807, 2.05) is 11.8 Å². The fourth-order valence-electron chi connectivity index (χ4n) is 2.36. The fraction of sp³-hybridized carbons (Fsp3) is 0.462. The van der Waals surface area contributed by atoms with E-state index in [2.05, 4.69) is 11.6 Å². The number of hydrogen-bond donors (Lipinski definition) is 2. The molecular weight excluding hydrogens is 267 g/mol. The van der Waals surface area contributed by atoms with Crippen LogP contribution in [0.2, 0.25) is 0 Å². The van der Waals surface area contributed by atoms with E-state index in [-0.39, 0.29) is 10.8 Å². The lowest BCUT2D eigenvalue weighted by Gasteiger charge is -2.21. The molecule has 0 radical (unpaired) electrons. The number of nitrogens with one attached hydrogen (secondary N) is 1. The van der Waals surface area contributed by atoms with Gasteiger partial charge in [0.2, 0.25) is 0 Å². The van der Waals surface area contributed by atoms with E-state index in [1.165, 1.54) is 18.9 Å². The minimum absolute atomic E-state index is 0.225. The second kappa shape index (κ2) is 5.89. The van der Waals surface area contributed by atoms with Gasteiger partial charge >= 0.3 is 0 Å². The van der Waals surface area contributed by atoms with Crippen molar-refractivity contribution in [3.05, 3.63) is 29.6 Å². The second-order valence-electron chi connectivity index (χ2n) is 4.51. The lowest BCUT2D eigenvalue weighted by atomic mass is 10.1. The number of hydrogen-bond acceptors (Lipinski definition) is 3. The summed E-state index contributed by atoms with van der Waals surface area (Å²) in [5.74, 6) is -0.285. The van der Waals surface area contributed by atoms with Crippen molar-refractivity contribution in [2.24, 2.45) is 5.73 Å². The van der Waals surface area contributed by atoms with Gasteiger partial charge in [0, 0.05) is 16.9 Å². The van der Waals surface area contributed by atoms with Gasteiger partial charge < -0.3 is 11.1 Å². The molecule has 2 nitrogen and oxygen atoms in total. The lowest BCUT2D eigenvalue weighted by Crippen LogP contribution is -2.26. The van der Waals surface area contributed by atoms with Crippen molar-refractivity contribution in [3.63, 3.8) is 0 Å². The van der Waals surface area contributed by atoms with Crippen LogP contribution in [0.5, 0.6) is 0 Å². The highest BCUT2D eigenvalue weighted by Gasteiger charge is 2.26. The van der Waals surface area contributed by atoms with Crippen molar-refractivity contribution in [1.82, 2.24) is 0 Å². The highest BCUT2D eigenvalue weighted by Crippen LogP contribution is 2.31. The minimum atomic E-state index is -0.285. The molecule has 18 heavy (non-hydrogen) atoms. The summed E-state index contributed by atoms with van der Waals surface area (Å²) in [6.45, 7) is 0. The molecule has 0 bridgehead atoms. The topological polar surface area (TPSA) is 38.0 Å². The Morgan fingerprint density at radius 1 is 1.50 bits per heavy atom. The fourth-order valence-corrected chi connectivity index (χ4v) is 3.42. The minimum Gasteiger partial charge on any atom is -0.389 e. The molecule has 0 saturated heterocycles. The maximum Gasteiger partial charge on any atom is 0.146 e. The van der Waals surface area contributed by atoms with Gasteiger partial charge in [0.25, 0.3) is 0 Å². The number of halogens is 1. The van der Waals surface area contributed by atoms with Crippen molar-refractivity contribution in [2.45, 2.75) is 30.6 Å². The summed E-state index contributed by atoms with van der Waals surface area (Å²) < 4.78 is 13.9. The van der Waals surface area contributed by atoms with Crippen molar-refractivity contribution in [3.8, 4) is 0 Å². The molecule has 0 amide bonds. The van der Waals surface area contributed by atoms with E-state index in [9.17, 15) is 4.39 Å². The van der Waals surface area contributed by atoms with Crippen LogP contribution < -0.4 is 11.1 Å². The third kappa shape index (κ3) is 2.95. The van der Waals surface area contributed by atoms with Crippen LogP contribution in [0.4, 0.5) is 10.1 Å². The van der Waals surface area contributed by atoms with E-state index >= 15 is 0 Å². The van der Waals surface area contributed by atoms with E-state index in [0.29, 0.717) is 22.5 Å². The molecule has 0 aliphatic heterocycles. The first kappa shape index (κ1) is 13.6. The summed E-state index contributed by atoms with van der Waals surface area (Å²) in [4.78, 5) is 0.225. The average Bonchev–Trinajstić information content (AvgIpc) is 2.78.